The van der Waals surface area contributed by atoms with Crippen LogP contribution in [0.25, 0.3) is 11.5 Å². The van der Waals surface area contributed by atoms with Crippen molar-refractivity contribution >= 4 is 0 Å². The summed E-state index contributed by atoms with van der Waals surface area (Å²) in [6.07, 6.45) is 6.20. The molecular weight excluding hydrogens is 242 g/mol. The van der Waals surface area contributed by atoms with Crippen LogP contribution < -0.4 is 5.73 Å². The number of rotatable bonds is 6. The summed E-state index contributed by atoms with van der Waals surface area (Å²) >= 11 is 0. The third kappa shape index (κ3) is 3.41. The molecule has 0 aliphatic rings. The van der Waals surface area contributed by atoms with Gasteiger partial charge in [0.2, 0.25) is 11.7 Å². The predicted octanol–water partition coefficient (Wildman–Crippen LogP) is 1.78. The van der Waals surface area contributed by atoms with Gasteiger partial charge >= 0.3 is 0 Å². The van der Waals surface area contributed by atoms with Crippen LogP contribution in [0.15, 0.2) is 17.0 Å². The SMILES string of the molecule is Cn1cncc1-c1noc(CCC(C)(C)CCN)n1. The highest BCUT2D eigenvalue weighted by atomic mass is 16.5. The lowest BCUT2D eigenvalue weighted by Crippen LogP contribution is -2.17. The minimum atomic E-state index is 0.204. The van der Waals surface area contributed by atoms with Gasteiger partial charge in [0, 0.05) is 13.5 Å². The van der Waals surface area contributed by atoms with Crippen LogP contribution in [0.4, 0.5) is 0 Å². The molecule has 2 rings (SSSR count). The largest absolute Gasteiger partial charge is 0.339 e. The lowest BCUT2D eigenvalue weighted by Gasteiger charge is -2.22. The van der Waals surface area contributed by atoms with Crippen molar-refractivity contribution in [3.63, 3.8) is 0 Å². The van der Waals surface area contributed by atoms with E-state index in [9.17, 15) is 0 Å². The quantitative estimate of drug-likeness (QED) is 0.859. The lowest BCUT2D eigenvalue weighted by molar-refractivity contribution is 0.289. The molecule has 0 aliphatic carbocycles. The topological polar surface area (TPSA) is 82.8 Å². The number of imidazole rings is 1. The van der Waals surface area contributed by atoms with Crippen LogP contribution in [-0.2, 0) is 13.5 Å². The number of hydrogen-bond donors (Lipinski definition) is 1. The Bertz CT molecular complexity index is 529. The summed E-state index contributed by atoms with van der Waals surface area (Å²) in [6.45, 7) is 5.12. The summed E-state index contributed by atoms with van der Waals surface area (Å²) in [4.78, 5) is 8.45. The van der Waals surface area contributed by atoms with Crippen molar-refractivity contribution in [2.24, 2.45) is 18.2 Å². The Morgan fingerprint density at radius 1 is 1.37 bits per heavy atom. The molecule has 0 amide bonds. The van der Waals surface area contributed by atoms with Crippen LogP contribution in [0, 0.1) is 5.41 Å². The molecule has 104 valence electrons. The molecule has 0 spiro atoms. The molecule has 0 saturated carbocycles. The van der Waals surface area contributed by atoms with Crippen LogP contribution >= 0.6 is 0 Å². The van der Waals surface area contributed by atoms with Crippen LogP contribution in [0.2, 0.25) is 0 Å². The maximum absolute atomic E-state index is 5.61. The summed E-state index contributed by atoms with van der Waals surface area (Å²) < 4.78 is 7.15. The van der Waals surface area contributed by atoms with E-state index >= 15 is 0 Å². The van der Waals surface area contributed by atoms with Crippen LogP contribution in [0.5, 0.6) is 0 Å². The fourth-order valence-corrected chi connectivity index (χ4v) is 1.99. The molecule has 0 unspecified atom stereocenters. The smallest absolute Gasteiger partial charge is 0.227 e. The third-order valence-corrected chi connectivity index (χ3v) is 3.35. The molecule has 0 atom stereocenters. The second kappa shape index (κ2) is 5.52. The van der Waals surface area contributed by atoms with Gasteiger partial charge in [-0.1, -0.05) is 19.0 Å². The molecule has 19 heavy (non-hydrogen) atoms. The van der Waals surface area contributed by atoms with Crippen molar-refractivity contribution in [1.82, 2.24) is 19.7 Å². The van der Waals surface area contributed by atoms with Gasteiger partial charge in [-0.25, -0.2) is 4.98 Å². The number of nitrogens with zero attached hydrogens (tertiary/aromatic N) is 4. The monoisotopic (exact) mass is 263 g/mol. The number of aromatic nitrogens is 4. The van der Waals surface area contributed by atoms with Gasteiger partial charge in [0.1, 0.15) is 5.69 Å². The van der Waals surface area contributed by atoms with Gasteiger partial charge in [0.25, 0.3) is 0 Å². The van der Waals surface area contributed by atoms with Gasteiger partial charge < -0.3 is 14.8 Å². The Morgan fingerprint density at radius 3 is 2.79 bits per heavy atom. The zero-order valence-corrected chi connectivity index (χ0v) is 11.8. The molecule has 2 aromatic rings. The van der Waals surface area contributed by atoms with E-state index < -0.39 is 0 Å². The Kier molecular flexibility index (Phi) is 3.99. The van der Waals surface area contributed by atoms with Gasteiger partial charge in [-0.3, -0.25) is 0 Å². The van der Waals surface area contributed by atoms with Crippen molar-refractivity contribution in [2.45, 2.75) is 33.1 Å². The molecule has 0 aromatic carbocycles. The first-order chi connectivity index (χ1) is 9.02. The Balaban J connectivity index is 2.01. The van der Waals surface area contributed by atoms with E-state index in [1.54, 1.807) is 12.5 Å². The fraction of sp³-hybridized carbons (Fsp3) is 0.615. The van der Waals surface area contributed by atoms with E-state index in [4.69, 9.17) is 10.3 Å². The normalized spacial score (nSPS) is 12.0. The average molecular weight is 263 g/mol. The highest BCUT2D eigenvalue weighted by Crippen LogP contribution is 2.26. The van der Waals surface area contributed by atoms with E-state index in [-0.39, 0.29) is 5.41 Å². The van der Waals surface area contributed by atoms with Gasteiger partial charge in [-0.2, -0.15) is 4.98 Å². The van der Waals surface area contributed by atoms with E-state index in [0.29, 0.717) is 18.3 Å². The summed E-state index contributed by atoms with van der Waals surface area (Å²) in [5.74, 6) is 1.26. The molecule has 0 aliphatic heterocycles. The van der Waals surface area contributed by atoms with Crippen molar-refractivity contribution in [3.8, 4) is 11.5 Å². The number of hydrogen-bond acceptors (Lipinski definition) is 5. The first kappa shape index (κ1) is 13.7. The van der Waals surface area contributed by atoms with E-state index in [0.717, 1.165) is 25.0 Å². The maximum atomic E-state index is 5.61. The maximum Gasteiger partial charge on any atom is 0.227 e. The summed E-state index contributed by atoms with van der Waals surface area (Å²) in [5.41, 5.74) is 6.67. The van der Waals surface area contributed by atoms with E-state index in [1.165, 1.54) is 0 Å². The molecule has 2 N–H and O–H groups in total. The molecule has 0 fully saturated rings. The minimum Gasteiger partial charge on any atom is -0.339 e. The molecule has 6 heteroatoms. The van der Waals surface area contributed by atoms with Gasteiger partial charge in [0.15, 0.2) is 0 Å². The second-order valence-electron chi connectivity index (χ2n) is 5.60. The Morgan fingerprint density at radius 2 is 2.16 bits per heavy atom. The van der Waals surface area contributed by atoms with E-state index in [1.807, 2.05) is 11.6 Å². The van der Waals surface area contributed by atoms with Crippen molar-refractivity contribution in [2.75, 3.05) is 6.54 Å². The highest BCUT2D eigenvalue weighted by Gasteiger charge is 2.19. The zero-order valence-electron chi connectivity index (χ0n) is 11.8. The number of nitrogens with two attached hydrogens (primary N) is 1. The first-order valence-corrected chi connectivity index (χ1v) is 6.51. The summed E-state index contributed by atoms with van der Waals surface area (Å²) in [7, 11) is 1.91. The second-order valence-corrected chi connectivity index (χ2v) is 5.60. The summed E-state index contributed by atoms with van der Waals surface area (Å²) in [5, 5.41) is 3.99. The molecule has 2 aromatic heterocycles. The average Bonchev–Trinajstić information content (AvgIpc) is 2.95. The summed E-state index contributed by atoms with van der Waals surface area (Å²) in [6, 6.07) is 0. The standard InChI is InChI=1S/C13H21N5O/c1-13(2,6-7-14)5-4-11-16-12(17-19-11)10-8-15-9-18(10)3/h8-9H,4-7,14H2,1-3H3. The lowest BCUT2D eigenvalue weighted by atomic mass is 9.84. The van der Waals surface area contributed by atoms with Gasteiger partial charge in [0.05, 0.1) is 12.5 Å². The molecule has 6 nitrogen and oxygen atoms in total. The number of aryl methyl sites for hydroxylation is 2. The van der Waals surface area contributed by atoms with Crippen LogP contribution in [0.3, 0.4) is 0 Å². The van der Waals surface area contributed by atoms with Crippen molar-refractivity contribution in [1.29, 1.82) is 0 Å². The Hall–Kier alpha value is -1.69. The van der Waals surface area contributed by atoms with Gasteiger partial charge in [-0.15, -0.1) is 0 Å². The minimum absolute atomic E-state index is 0.204. The molecule has 0 bridgehead atoms. The highest BCUT2D eigenvalue weighted by molar-refractivity contribution is 5.46. The van der Waals surface area contributed by atoms with Gasteiger partial charge in [-0.05, 0) is 24.8 Å². The van der Waals surface area contributed by atoms with Crippen molar-refractivity contribution in [3.05, 3.63) is 18.4 Å². The molecule has 0 saturated heterocycles. The zero-order chi connectivity index (χ0) is 13.9. The Labute approximate surface area is 113 Å². The molecule has 0 radical (unpaired) electrons. The first-order valence-electron chi connectivity index (χ1n) is 6.51. The van der Waals surface area contributed by atoms with E-state index in [2.05, 4.69) is 29.0 Å². The van der Waals surface area contributed by atoms with Crippen LogP contribution in [0.1, 0.15) is 32.6 Å². The van der Waals surface area contributed by atoms with Crippen LogP contribution in [-0.4, -0.2) is 26.2 Å². The fourth-order valence-electron chi connectivity index (χ4n) is 1.99. The van der Waals surface area contributed by atoms with Crippen molar-refractivity contribution < 1.29 is 4.52 Å². The predicted molar refractivity (Wildman–Crippen MR) is 72.3 cm³/mol. The third-order valence-electron chi connectivity index (χ3n) is 3.35. The molecule has 2 heterocycles. The molecular formula is C13H21N5O.